The van der Waals surface area contributed by atoms with Crippen molar-refractivity contribution in [3.63, 3.8) is 0 Å². The van der Waals surface area contributed by atoms with E-state index in [-0.39, 0.29) is 11.7 Å². The first kappa shape index (κ1) is 11.6. The quantitative estimate of drug-likeness (QED) is 0.529. The van der Waals surface area contributed by atoms with Crippen molar-refractivity contribution >= 4 is 5.97 Å². The van der Waals surface area contributed by atoms with Crippen LogP contribution in [0, 0.1) is 18.3 Å². The second-order valence-corrected chi connectivity index (χ2v) is 4.42. The molecule has 0 spiro atoms. The van der Waals surface area contributed by atoms with Crippen LogP contribution in [0.25, 0.3) is 0 Å². The number of hydrogen-bond acceptors (Lipinski definition) is 3. The van der Waals surface area contributed by atoms with Crippen molar-refractivity contribution in [2.75, 3.05) is 0 Å². The van der Waals surface area contributed by atoms with Gasteiger partial charge in [-0.15, -0.1) is 0 Å². The van der Waals surface area contributed by atoms with Crippen LogP contribution in [0.5, 0.6) is 5.75 Å². The van der Waals surface area contributed by atoms with Crippen molar-refractivity contribution in [3.05, 3.63) is 23.8 Å². The summed E-state index contributed by atoms with van der Waals surface area (Å²) in [5.74, 6) is -0.644. The van der Waals surface area contributed by atoms with Crippen molar-refractivity contribution in [1.82, 2.24) is 4.98 Å². The molecule has 0 saturated heterocycles. The molecule has 3 nitrogen and oxygen atoms in total. The van der Waals surface area contributed by atoms with E-state index in [2.05, 4.69) is 4.98 Å². The highest BCUT2D eigenvalue weighted by atomic mass is 19.1. The fourth-order valence-corrected chi connectivity index (χ4v) is 0.848. The Labute approximate surface area is 88.3 Å². The largest absolute Gasteiger partial charge is 0.424 e. The van der Waals surface area contributed by atoms with E-state index in [0.717, 1.165) is 0 Å². The van der Waals surface area contributed by atoms with Gasteiger partial charge in [0.1, 0.15) is 5.75 Å². The van der Waals surface area contributed by atoms with Crippen molar-refractivity contribution in [3.8, 4) is 5.75 Å². The van der Waals surface area contributed by atoms with Crippen molar-refractivity contribution in [1.29, 1.82) is 0 Å². The number of aromatic nitrogens is 1. The molecule has 82 valence electrons. The molecule has 0 aliphatic heterocycles. The van der Waals surface area contributed by atoms with Gasteiger partial charge in [0, 0.05) is 5.56 Å². The summed E-state index contributed by atoms with van der Waals surface area (Å²) in [4.78, 5) is 15.0. The lowest BCUT2D eigenvalue weighted by Crippen LogP contribution is -2.25. The first-order valence-corrected chi connectivity index (χ1v) is 4.65. The molecule has 15 heavy (non-hydrogen) atoms. The first-order chi connectivity index (χ1) is 6.80. The van der Waals surface area contributed by atoms with Gasteiger partial charge in [0.2, 0.25) is 5.95 Å². The van der Waals surface area contributed by atoms with E-state index in [1.165, 1.54) is 12.3 Å². The standard InChI is InChI=1S/C11H14FNO2/c1-7-5-8(6-13-9(7)12)15-10(14)11(2,3)4/h5-6H,1-4H3. The van der Waals surface area contributed by atoms with Gasteiger partial charge < -0.3 is 4.74 Å². The molecule has 0 radical (unpaired) electrons. The number of esters is 1. The highest BCUT2D eigenvalue weighted by Crippen LogP contribution is 2.19. The number of carbonyl (C=O) groups excluding carboxylic acids is 1. The van der Waals surface area contributed by atoms with E-state index in [0.29, 0.717) is 5.56 Å². The minimum absolute atomic E-state index is 0.272. The molecular formula is C11H14FNO2. The van der Waals surface area contributed by atoms with Crippen LogP contribution in [0.3, 0.4) is 0 Å². The Morgan fingerprint density at radius 1 is 1.47 bits per heavy atom. The third-order valence-electron chi connectivity index (χ3n) is 1.81. The van der Waals surface area contributed by atoms with Gasteiger partial charge in [0.15, 0.2) is 0 Å². The number of rotatable bonds is 1. The second-order valence-electron chi connectivity index (χ2n) is 4.42. The fourth-order valence-electron chi connectivity index (χ4n) is 0.848. The average Bonchev–Trinajstić information content (AvgIpc) is 2.10. The van der Waals surface area contributed by atoms with Crippen LogP contribution in [-0.2, 0) is 4.79 Å². The van der Waals surface area contributed by atoms with Gasteiger partial charge in [0.05, 0.1) is 11.6 Å². The van der Waals surface area contributed by atoms with E-state index in [9.17, 15) is 9.18 Å². The van der Waals surface area contributed by atoms with Crippen molar-refractivity contribution in [2.24, 2.45) is 5.41 Å². The molecule has 1 aromatic heterocycles. The maximum absolute atomic E-state index is 12.8. The van der Waals surface area contributed by atoms with Crippen LogP contribution in [0.1, 0.15) is 26.3 Å². The molecular weight excluding hydrogens is 197 g/mol. The maximum atomic E-state index is 12.8. The Bertz CT molecular complexity index is 383. The Morgan fingerprint density at radius 3 is 2.53 bits per heavy atom. The minimum atomic E-state index is -0.581. The predicted molar refractivity (Wildman–Crippen MR) is 54.0 cm³/mol. The minimum Gasteiger partial charge on any atom is -0.424 e. The maximum Gasteiger partial charge on any atom is 0.316 e. The molecule has 0 N–H and O–H groups in total. The molecule has 0 saturated carbocycles. The number of hydrogen-bond donors (Lipinski definition) is 0. The normalized spacial score (nSPS) is 11.3. The second kappa shape index (κ2) is 3.96. The molecule has 1 heterocycles. The van der Waals surface area contributed by atoms with Crippen LogP contribution in [0.15, 0.2) is 12.3 Å². The molecule has 0 fully saturated rings. The molecule has 1 rings (SSSR count). The molecule has 0 amide bonds. The van der Waals surface area contributed by atoms with Gasteiger partial charge in [-0.2, -0.15) is 4.39 Å². The Balaban J connectivity index is 2.83. The number of pyridine rings is 1. The number of aryl methyl sites for hydroxylation is 1. The lowest BCUT2D eigenvalue weighted by Gasteiger charge is -2.16. The lowest BCUT2D eigenvalue weighted by molar-refractivity contribution is -0.143. The van der Waals surface area contributed by atoms with Crippen molar-refractivity contribution < 1.29 is 13.9 Å². The summed E-state index contributed by atoms with van der Waals surface area (Å²) in [5, 5.41) is 0. The van der Waals surface area contributed by atoms with E-state index >= 15 is 0 Å². The fraction of sp³-hybridized carbons (Fsp3) is 0.455. The van der Waals surface area contributed by atoms with Gasteiger partial charge in [-0.05, 0) is 33.8 Å². The zero-order chi connectivity index (χ0) is 11.6. The topological polar surface area (TPSA) is 39.2 Å². The number of ether oxygens (including phenoxy) is 1. The van der Waals surface area contributed by atoms with Crippen LogP contribution in [0.4, 0.5) is 4.39 Å². The van der Waals surface area contributed by atoms with Crippen LogP contribution in [-0.4, -0.2) is 11.0 Å². The summed E-state index contributed by atoms with van der Waals surface area (Å²) in [6.07, 6.45) is 1.20. The summed E-state index contributed by atoms with van der Waals surface area (Å²) in [6, 6.07) is 1.45. The summed E-state index contributed by atoms with van der Waals surface area (Å²) >= 11 is 0. The molecule has 1 aromatic rings. The molecule has 0 aromatic carbocycles. The van der Waals surface area contributed by atoms with Gasteiger partial charge in [-0.3, -0.25) is 4.79 Å². The summed E-state index contributed by atoms with van der Waals surface area (Å²) < 4.78 is 17.9. The van der Waals surface area contributed by atoms with Gasteiger partial charge in [-0.1, -0.05) is 0 Å². The van der Waals surface area contributed by atoms with Gasteiger partial charge >= 0.3 is 5.97 Å². The third-order valence-corrected chi connectivity index (χ3v) is 1.81. The smallest absolute Gasteiger partial charge is 0.316 e. The number of nitrogens with zero attached hydrogens (tertiary/aromatic N) is 1. The Hall–Kier alpha value is -1.45. The zero-order valence-corrected chi connectivity index (χ0v) is 9.30. The summed E-state index contributed by atoms with van der Waals surface area (Å²) in [6.45, 7) is 6.81. The van der Waals surface area contributed by atoms with Crippen molar-refractivity contribution in [2.45, 2.75) is 27.7 Å². The highest BCUT2D eigenvalue weighted by Gasteiger charge is 2.23. The molecule has 0 unspecified atom stereocenters. The Kier molecular flexibility index (Phi) is 3.07. The van der Waals surface area contributed by atoms with E-state index < -0.39 is 11.4 Å². The van der Waals surface area contributed by atoms with Crippen LogP contribution >= 0.6 is 0 Å². The molecule has 0 atom stereocenters. The molecule has 0 aliphatic rings. The molecule has 0 aliphatic carbocycles. The molecule has 0 bridgehead atoms. The van der Waals surface area contributed by atoms with E-state index in [1.807, 2.05) is 0 Å². The van der Waals surface area contributed by atoms with Crippen LogP contribution < -0.4 is 4.74 Å². The number of halogens is 1. The summed E-state index contributed by atoms with van der Waals surface area (Å²) in [7, 11) is 0. The number of carbonyl (C=O) groups is 1. The summed E-state index contributed by atoms with van der Waals surface area (Å²) in [5.41, 5.74) is -0.225. The van der Waals surface area contributed by atoms with E-state index in [4.69, 9.17) is 4.74 Å². The highest BCUT2D eigenvalue weighted by molar-refractivity contribution is 5.77. The van der Waals surface area contributed by atoms with Gasteiger partial charge in [0.25, 0.3) is 0 Å². The van der Waals surface area contributed by atoms with Gasteiger partial charge in [-0.25, -0.2) is 4.98 Å². The predicted octanol–water partition coefficient (Wildman–Crippen LogP) is 2.48. The zero-order valence-electron chi connectivity index (χ0n) is 9.30. The average molecular weight is 211 g/mol. The van der Waals surface area contributed by atoms with Crippen LogP contribution in [0.2, 0.25) is 0 Å². The first-order valence-electron chi connectivity index (χ1n) is 4.65. The monoisotopic (exact) mass is 211 g/mol. The lowest BCUT2D eigenvalue weighted by atomic mass is 9.97. The SMILES string of the molecule is Cc1cc(OC(=O)C(C)(C)C)cnc1F. The molecule has 4 heteroatoms. The third kappa shape index (κ3) is 3.01. The van der Waals surface area contributed by atoms with E-state index in [1.54, 1.807) is 27.7 Å². The Morgan fingerprint density at radius 2 is 2.07 bits per heavy atom.